The lowest BCUT2D eigenvalue weighted by Gasteiger charge is -2.31. The van der Waals surface area contributed by atoms with Crippen molar-refractivity contribution >= 4 is 28.7 Å². The largest absolute Gasteiger partial charge is 0.472 e. The lowest BCUT2D eigenvalue weighted by Crippen LogP contribution is -2.44. The van der Waals surface area contributed by atoms with Gasteiger partial charge in [-0.2, -0.15) is 17.6 Å². The van der Waals surface area contributed by atoms with Crippen molar-refractivity contribution < 1.29 is 31.8 Å². The molecular formula is C36H36F4N4O3. The number of likely N-dealkylation sites (tertiary alicyclic amines) is 1. The van der Waals surface area contributed by atoms with Crippen LogP contribution in [0.15, 0.2) is 66.9 Å². The molecule has 7 nitrogen and oxygen atoms in total. The lowest BCUT2D eigenvalue weighted by atomic mass is 9.87. The number of carbonyl (C=O) groups excluding carboxylic acids is 1. The van der Waals surface area contributed by atoms with Crippen molar-refractivity contribution in [2.75, 3.05) is 25.0 Å². The number of ether oxygens (including phenoxy) is 2. The van der Waals surface area contributed by atoms with Gasteiger partial charge < -0.3 is 19.7 Å². The van der Waals surface area contributed by atoms with Crippen LogP contribution in [-0.4, -0.2) is 60.0 Å². The standard InChI is InChI=1S/C36H36F4N4O3/c1-2-9-33(45)44-18-8-12-27(23-44)47-31-17-15-26(22-42-31)34(29(21-36(38,39)40)24-10-4-3-5-11-24)25-14-16-30(28(20-25)35(37)41)43-32-13-6-7-19-46-32/h3-5,10-11,14-17,20,22,27,32,41,43H,6-8,12-13,18-19,21,23H2,1H3/b34-29-,41-35?/t27-,32?/m1/s1. The Morgan fingerprint density at radius 3 is 2.51 bits per heavy atom. The van der Waals surface area contributed by atoms with E-state index in [4.69, 9.17) is 14.9 Å². The van der Waals surface area contributed by atoms with Gasteiger partial charge in [-0.15, -0.1) is 0 Å². The Kier molecular flexibility index (Phi) is 10.9. The van der Waals surface area contributed by atoms with E-state index in [1.807, 2.05) is 0 Å². The Hall–Kier alpha value is -4.69. The first kappa shape index (κ1) is 33.7. The summed E-state index contributed by atoms with van der Waals surface area (Å²) in [4.78, 5) is 18.3. The molecule has 0 saturated carbocycles. The van der Waals surface area contributed by atoms with Crippen LogP contribution >= 0.6 is 0 Å². The summed E-state index contributed by atoms with van der Waals surface area (Å²) in [7, 11) is 0. The third kappa shape index (κ3) is 8.98. The summed E-state index contributed by atoms with van der Waals surface area (Å²) in [6, 6.07) is 16.0. The third-order valence-corrected chi connectivity index (χ3v) is 8.05. The van der Waals surface area contributed by atoms with E-state index < -0.39 is 18.6 Å². The smallest absolute Gasteiger partial charge is 0.393 e. The number of allylic oxidation sites excluding steroid dienone is 1. The summed E-state index contributed by atoms with van der Waals surface area (Å²) in [6.45, 7) is 3.08. The number of carbonyl (C=O) groups is 1. The molecule has 11 heteroatoms. The predicted octanol–water partition coefficient (Wildman–Crippen LogP) is 7.62. The Morgan fingerprint density at radius 1 is 1.06 bits per heavy atom. The molecule has 0 aliphatic carbocycles. The van der Waals surface area contributed by atoms with E-state index in [0.29, 0.717) is 49.4 Å². The van der Waals surface area contributed by atoms with Gasteiger partial charge in [0.15, 0.2) is 0 Å². The minimum absolute atomic E-state index is 0.0281. The number of hydrogen-bond acceptors (Lipinski definition) is 6. The monoisotopic (exact) mass is 648 g/mol. The van der Waals surface area contributed by atoms with Gasteiger partial charge in [-0.3, -0.25) is 10.2 Å². The van der Waals surface area contributed by atoms with Gasteiger partial charge in [0, 0.05) is 36.7 Å². The minimum Gasteiger partial charge on any atom is -0.472 e. The lowest BCUT2D eigenvalue weighted by molar-refractivity contribution is -0.127. The Bertz CT molecular complexity index is 1660. The van der Waals surface area contributed by atoms with Crippen LogP contribution in [-0.2, 0) is 9.53 Å². The zero-order chi connectivity index (χ0) is 33.4. The number of hydrogen-bond donors (Lipinski definition) is 2. The number of amides is 1. The second kappa shape index (κ2) is 15.3. The molecule has 246 valence electrons. The first-order valence-electron chi connectivity index (χ1n) is 15.6. The zero-order valence-electron chi connectivity index (χ0n) is 26.0. The molecule has 47 heavy (non-hydrogen) atoms. The number of alkyl halides is 3. The molecule has 0 spiro atoms. The molecule has 2 aliphatic heterocycles. The maximum atomic E-state index is 14.7. The number of nitrogens with zero attached hydrogens (tertiary/aromatic N) is 2. The number of benzene rings is 2. The van der Waals surface area contributed by atoms with Crippen molar-refractivity contribution in [3.05, 3.63) is 89.1 Å². The molecule has 1 unspecified atom stereocenters. The normalized spacial score (nSPS) is 18.8. The van der Waals surface area contributed by atoms with E-state index in [-0.39, 0.29) is 46.4 Å². The number of nitrogens with one attached hydrogen (secondary N) is 2. The van der Waals surface area contributed by atoms with Gasteiger partial charge in [-0.1, -0.05) is 42.3 Å². The van der Waals surface area contributed by atoms with Crippen molar-refractivity contribution in [2.24, 2.45) is 0 Å². The average Bonchev–Trinajstić information content (AvgIpc) is 3.06. The molecule has 2 saturated heterocycles. The molecule has 3 heterocycles. The number of halogens is 4. The van der Waals surface area contributed by atoms with Crippen LogP contribution in [0, 0.1) is 17.3 Å². The Balaban J connectivity index is 1.54. The fourth-order valence-electron chi connectivity index (χ4n) is 5.90. The summed E-state index contributed by atoms with van der Waals surface area (Å²) < 4.78 is 69.0. The average molecular weight is 649 g/mol. The zero-order valence-corrected chi connectivity index (χ0v) is 26.0. The summed E-state index contributed by atoms with van der Waals surface area (Å²) in [5, 5.41) is 11.0. The molecule has 1 aromatic heterocycles. The topological polar surface area (TPSA) is 87.5 Å². The quantitative estimate of drug-likeness (QED) is 0.108. The van der Waals surface area contributed by atoms with Gasteiger partial charge in [0.2, 0.25) is 11.8 Å². The van der Waals surface area contributed by atoms with Gasteiger partial charge in [-0.05, 0) is 85.4 Å². The number of pyridine rings is 1. The molecule has 2 fully saturated rings. The second-order valence-electron chi connectivity index (χ2n) is 11.5. The Labute approximate surface area is 271 Å². The minimum atomic E-state index is -4.56. The van der Waals surface area contributed by atoms with Crippen LogP contribution in [0.1, 0.15) is 67.7 Å². The van der Waals surface area contributed by atoms with Crippen molar-refractivity contribution in [3.63, 3.8) is 0 Å². The number of anilines is 1. The molecule has 5 rings (SSSR count). The summed E-state index contributed by atoms with van der Waals surface area (Å²) in [6.07, 6.45) is -1.08. The van der Waals surface area contributed by atoms with Gasteiger partial charge in [0.05, 0.1) is 18.5 Å². The Morgan fingerprint density at radius 2 is 1.85 bits per heavy atom. The number of aromatic nitrogens is 1. The van der Waals surface area contributed by atoms with Crippen LogP contribution in [0.2, 0.25) is 0 Å². The van der Waals surface area contributed by atoms with E-state index in [1.165, 1.54) is 12.3 Å². The van der Waals surface area contributed by atoms with E-state index in [0.717, 1.165) is 19.3 Å². The molecule has 2 atom stereocenters. The maximum absolute atomic E-state index is 14.7. The summed E-state index contributed by atoms with van der Waals surface area (Å²) in [5.41, 5.74) is 1.38. The molecule has 2 aromatic carbocycles. The van der Waals surface area contributed by atoms with Gasteiger partial charge >= 0.3 is 6.18 Å². The predicted molar refractivity (Wildman–Crippen MR) is 173 cm³/mol. The van der Waals surface area contributed by atoms with Crippen molar-refractivity contribution in [3.8, 4) is 17.7 Å². The first-order valence-corrected chi connectivity index (χ1v) is 15.6. The second-order valence-corrected chi connectivity index (χ2v) is 11.5. The van der Waals surface area contributed by atoms with Gasteiger partial charge in [0.1, 0.15) is 12.3 Å². The van der Waals surface area contributed by atoms with E-state index in [9.17, 15) is 22.4 Å². The highest BCUT2D eigenvalue weighted by Crippen LogP contribution is 2.40. The van der Waals surface area contributed by atoms with E-state index >= 15 is 0 Å². The van der Waals surface area contributed by atoms with Crippen LogP contribution < -0.4 is 10.1 Å². The molecule has 2 N–H and O–H groups in total. The van der Waals surface area contributed by atoms with Crippen molar-refractivity contribution in [1.82, 2.24) is 9.88 Å². The van der Waals surface area contributed by atoms with Crippen LogP contribution in [0.4, 0.5) is 23.2 Å². The first-order chi connectivity index (χ1) is 22.6. The SMILES string of the molecule is CC#CC(=O)N1CCC[C@@H](Oc2ccc(/C(=C(/CC(F)(F)F)c3ccccc3)c3ccc(NC4CCCCO4)c(C(=N)F)c3)cn2)C1. The van der Waals surface area contributed by atoms with Crippen LogP contribution in [0.25, 0.3) is 11.1 Å². The molecule has 3 aromatic rings. The molecule has 0 radical (unpaired) electrons. The number of piperidine rings is 1. The highest BCUT2D eigenvalue weighted by atomic mass is 19.4. The summed E-state index contributed by atoms with van der Waals surface area (Å²) >= 11 is 0. The van der Waals surface area contributed by atoms with Gasteiger partial charge in [0.25, 0.3) is 5.91 Å². The molecule has 2 aliphatic rings. The number of rotatable bonds is 9. The van der Waals surface area contributed by atoms with E-state index in [2.05, 4.69) is 22.1 Å². The third-order valence-electron chi connectivity index (χ3n) is 8.05. The van der Waals surface area contributed by atoms with Crippen LogP contribution in [0.5, 0.6) is 5.88 Å². The summed E-state index contributed by atoms with van der Waals surface area (Å²) in [5.74, 6) is 3.91. The fraction of sp³-hybridized carbons (Fsp3) is 0.361. The van der Waals surface area contributed by atoms with Crippen LogP contribution in [0.3, 0.4) is 0 Å². The van der Waals surface area contributed by atoms with Crippen molar-refractivity contribution in [2.45, 2.75) is 64.0 Å². The maximum Gasteiger partial charge on any atom is 0.393 e. The van der Waals surface area contributed by atoms with Gasteiger partial charge in [-0.25, -0.2) is 4.98 Å². The highest BCUT2D eigenvalue weighted by Gasteiger charge is 2.32. The molecule has 1 amide bonds. The molecule has 0 bridgehead atoms. The highest BCUT2D eigenvalue weighted by molar-refractivity contribution is 6.02. The molecular weight excluding hydrogens is 612 g/mol. The van der Waals surface area contributed by atoms with E-state index in [1.54, 1.807) is 66.4 Å². The fourth-order valence-corrected chi connectivity index (χ4v) is 5.90. The van der Waals surface area contributed by atoms with Crippen molar-refractivity contribution in [1.29, 1.82) is 5.41 Å².